The Balaban J connectivity index is 1.69. The van der Waals surface area contributed by atoms with Crippen molar-refractivity contribution in [2.45, 2.75) is 6.92 Å². The molecule has 2 aromatic carbocycles. The third-order valence-electron chi connectivity index (χ3n) is 3.52. The topological polar surface area (TPSA) is 59.3 Å². The van der Waals surface area contributed by atoms with Gasteiger partial charge in [-0.25, -0.2) is 10.4 Å². The van der Waals surface area contributed by atoms with Crippen LogP contribution in [0.2, 0.25) is 0 Å². The highest BCUT2D eigenvalue weighted by Gasteiger charge is 2.05. The molecule has 1 N–H and O–H groups in total. The Morgan fingerprint density at radius 3 is 2.38 bits per heavy atom. The van der Waals surface area contributed by atoms with Crippen molar-refractivity contribution in [2.24, 2.45) is 5.10 Å². The second-order valence-electron chi connectivity index (χ2n) is 5.16. The van der Waals surface area contributed by atoms with E-state index in [4.69, 9.17) is 0 Å². The van der Waals surface area contributed by atoms with Gasteiger partial charge in [0.25, 0.3) is 5.91 Å². The zero-order chi connectivity index (χ0) is 16.9. The van der Waals surface area contributed by atoms with Crippen LogP contribution in [0.3, 0.4) is 0 Å². The fraction of sp³-hybridized carbons (Fsp3) is 0.0556. The Kier molecular flexibility index (Phi) is 4.86. The lowest BCUT2D eigenvalue weighted by molar-refractivity contribution is 0.0955. The van der Waals surface area contributed by atoms with Crippen molar-refractivity contribution in [3.8, 4) is 5.69 Å². The largest absolute Gasteiger partial charge is 0.306 e. The van der Waals surface area contributed by atoms with Gasteiger partial charge in [0.15, 0.2) is 0 Å². The number of carbonyl (C=O) groups excluding carboxylic acids is 1. The molecule has 6 heteroatoms. The van der Waals surface area contributed by atoms with Gasteiger partial charge >= 0.3 is 0 Å². The summed E-state index contributed by atoms with van der Waals surface area (Å²) in [6.07, 6.45) is 5.36. The van der Waals surface area contributed by atoms with Gasteiger partial charge in [-0.15, -0.1) is 0 Å². The maximum atomic E-state index is 12.1. The van der Waals surface area contributed by atoms with Gasteiger partial charge in [0.05, 0.1) is 12.0 Å². The van der Waals surface area contributed by atoms with E-state index in [1.807, 2.05) is 54.1 Å². The van der Waals surface area contributed by atoms with Crippen LogP contribution in [0.15, 0.2) is 76.8 Å². The van der Waals surface area contributed by atoms with E-state index in [0.29, 0.717) is 5.56 Å². The summed E-state index contributed by atoms with van der Waals surface area (Å²) in [5.41, 5.74) is 5.83. The van der Waals surface area contributed by atoms with Crippen LogP contribution >= 0.6 is 15.9 Å². The van der Waals surface area contributed by atoms with Crippen LogP contribution in [-0.4, -0.2) is 21.2 Å². The summed E-state index contributed by atoms with van der Waals surface area (Å²) in [4.78, 5) is 16.1. The smallest absolute Gasteiger partial charge is 0.271 e. The quantitative estimate of drug-likeness (QED) is 0.551. The number of imidazole rings is 1. The number of hydrogen-bond donors (Lipinski definition) is 1. The average molecular weight is 383 g/mol. The predicted octanol–water partition coefficient (Wildman–Crippen LogP) is 3.79. The highest BCUT2D eigenvalue weighted by Crippen LogP contribution is 2.11. The average Bonchev–Trinajstić information content (AvgIpc) is 3.15. The van der Waals surface area contributed by atoms with Crippen LogP contribution in [0.25, 0.3) is 5.69 Å². The van der Waals surface area contributed by atoms with Crippen molar-refractivity contribution in [1.29, 1.82) is 0 Å². The summed E-state index contributed by atoms with van der Waals surface area (Å²) < 4.78 is 2.85. The molecule has 1 aromatic heterocycles. The molecule has 0 bridgehead atoms. The maximum Gasteiger partial charge on any atom is 0.271 e. The first-order chi connectivity index (χ1) is 11.6. The number of nitrogens with one attached hydrogen (secondary N) is 1. The minimum absolute atomic E-state index is 0.239. The van der Waals surface area contributed by atoms with E-state index in [-0.39, 0.29) is 5.91 Å². The Bertz CT molecular complexity index is 853. The van der Waals surface area contributed by atoms with Crippen LogP contribution in [0.4, 0.5) is 0 Å². The van der Waals surface area contributed by atoms with E-state index in [1.165, 1.54) is 0 Å². The number of carbonyl (C=O) groups is 1. The fourth-order valence-electron chi connectivity index (χ4n) is 2.15. The van der Waals surface area contributed by atoms with Gasteiger partial charge in [-0.2, -0.15) is 5.10 Å². The van der Waals surface area contributed by atoms with Crippen molar-refractivity contribution in [3.05, 3.63) is 82.9 Å². The van der Waals surface area contributed by atoms with E-state index in [9.17, 15) is 4.79 Å². The Morgan fingerprint density at radius 2 is 1.75 bits per heavy atom. The molecule has 0 aliphatic heterocycles. The van der Waals surface area contributed by atoms with Gasteiger partial charge in [-0.3, -0.25) is 4.79 Å². The van der Waals surface area contributed by atoms with E-state index in [0.717, 1.165) is 21.4 Å². The van der Waals surface area contributed by atoms with Gasteiger partial charge in [-0.1, -0.05) is 28.1 Å². The molecule has 120 valence electrons. The number of hydrazone groups is 1. The van der Waals surface area contributed by atoms with Crippen LogP contribution in [-0.2, 0) is 0 Å². The molecule has 1 heterocycles. The van der Waals surface area contributed by atoms with Crippen LogP contribution in [0, 0.1) is 0 Å². The minimum Gasteiger partial charge on any atom is -0.306 e. The number of halogens is 1. The number of hydrogen-bond acceptors (Lipinski definition) is 3. The first-order valence-electron chi connectivity index (χ1n) is 7.32. The van der Waals surface area contributed by atoms with Crippen LogP contribution in [0.1, 0.15) is 22.8 Å². The number of benzene rings is 2. The lowest BCUT2D eigenvalue weighted by atomic mass is 10.1. The molecule has 3 aromatic rings. The van der Waals surface area contributed by atoms with E-state index in [1.54, 1.807) is 24.7 Å². The minimum atomic E-state index is -0.239. The lowest BCUT2D eigenvalue weighted by Crippen LogP contribution is -2.19. The molecule has 0 saturated carbocycles. The number of nitrogens with zero attached hydrogens (tertiary/aromatic N) is 3. The zero-order valence-electron chi connectivity index (χ0n) is 13.0. The van der Waals surface area contributed by atoms with E-state index >= 15 is 0 Å². The third-order valence-corrected chi connectivity index (χ3v) is 4.05. The molecule has 0 saturated heterocycles. The summed E-state index contributed by atoms with van der Waals surface area (Å²) in [5.74, 6) is -0.239. The molecule has 0 spiro atoms. The highest BCUT2D eigenvalue weighted by atomic mass is 79.9. The molecule has 1 amide bonds. The van der Waals surface area contributed by atoms with Gasteiger partial charge in [0, 0.05) is 28.1 Å². The van der Waals surface area contributed by atoms with Gasteiger partial charge in [0.1, 0.15) is 0 Å². The van der Waals surface area contributed by atoms with Crippen molar-refractivity contribution >= 4 is 27.5 Å². The lowest BCUT2D eigenvalue weighted by Gasteiger charge is -2.05. The second-order valence-corrected chi connectivity index (χ2v) is 6.08. The molecule has 0 unspecified atom stereocenters. The molecule has 0 radical (unpaired) electrons. The van der Waals surface area contributed by atoms with E-state index in [2.05, 4.69) is 31.4 Å². The highest BCUT2D eigenvalue weighted by molar-refractivity contribution is 9.10. The normalized spacial score (nSPS) is 11.3. The van der Waals surface area contributed by atoms with E-state index < -0.39 is 0 Å². The van der Waals surface area contributed by atoms with Gasteiger partial charge in [-0.05, 0) is 48.9 Å². The van der Waals surface area contributed by atoms with Crippen molar-refractivity contribution in [2.75, 3.05) is 0 Å². The Morgan fingerprint density at radius 1 is 1.08 bits per heavy atom. The SMILES string of the molecule is C/C(=N/NC(=O)c1ccc(Br)cc1)c1ccc(-n2ccnc2)cc1. The first kappa shape index (κ1) is 16.1. The first-order valence-corrected chi connectivity index (χ1v) is 8.12. The molecule has 3 rings (SSSR count). The molecule has 24 heavy (non-hydrogen) atoms. The Labute approximate surface area is 148 Å². The maximum absolute atomic E-state index is 12.1. The zero-order valence-corrected chi connectivity index (χ0v) is 14.6. The molecule has 0 atom stereocenters. The Hall–Kier alpha value is -2.73. The number of aromatic nitrogens is 2. The second kappa shape index (κ2) is 7.23. The molecule has 0 aliphatic carbocycles. The summed E-state index contributed by atoms with van der Waals surface area (Å²) in [6.45, 7) is 1.86. The predicted molar refractivity (Wildman–Crippen MR) is 97.4 cm³/mol. The van der Waals surface area contributed by atoms with Crippen molar-refractivity contribution < 1.29 is 4.79 Å². The summed E-state index contributed by atoms with van der Waals surface area (Å²) in [5, 5.41) is 4.17. The van der Waals surface area contributed by atoms with Crippen LogP contribution in [0.5, 0.6) is 0 Å². The third kappa shape index (κ3) is 3.78. The van der Waals surface area contributed by atoms with Gasteiger partial charge in [0.2, 0.25) is 0 Å². The standard InChI is InChI=1S/C18H15BrN4O/c1-13(21-22-18(24)15-2-6-16(19)7-3-15)14-4-8-17(9-5-14)23-11-10-20-12-23/h2-12H,1H3,(H,22,24)/b21-13-. The summed E-state index contributed by atoms with van der Waals surface area (Å²) >= 11 is 3.34. The summed E-state index contributed by atoms with van der Waals surface area (Å²) in [7, 11) is 0. The molecular formula is C18H15BrN4O. The molecular weight excluding hydrogens is 368 g/mol. The van der Waals surface area contributed by atoms with Crippen molar-refractivity contribution in [1.82, 2.24) is 15.0 Å². The monoisotopic (exact) mass is 382 g/mol. The molecule has 0 aliphatic rings. The van der Waals surface area contributed by atoms with Crippen LogP contribution < -0.4 is 5.43 Å². The molecule has 0 fully saturated rings. The fourth-order valence-corrected chi connectivity index (χ4v) is 2.42. The summed E-state index contributed by atoms with van der Waals surface area (Å²) in [6, 6.07) is 15.0. The number of amides is 1. The van der Waals surface area contributed by atoms with Crippen molar-refractivity contribution in [3.63, 3.8) is 0 Å². The van der Waals surface area contributed by atoms with Gasteiger partial charge < -0.3 is 4.57 Å². The molecule has 5 nitrogen and oxygen atoms in total. The number of rotatable bonds is 4.